The zero-order valence-corrected chi connectivity index (χ0v) is 22.0. The molecule has 4 rings (SSSR count). The molecule has 1 fully saturated rings. The molecular formula is C30H33F5N2O3. The van der Waals surface area contributed by atoms with Crippen LogP contribution in [-0.4, -0.2) is 72.9 Å². The molecule has 1 aliphatic rings. The average molecular weight is 565 g/mol. The maximum Gasteiger partial charge on any atom is 0.490 e. The zero-order valence-electron chi connectivity index (χ0n) is 22.0. The van der Waals surface area contributed by atoms with Crippen LogP contribution in [0.5, 0.6) is 0 Å². The summed E-state index contributed by atoms with van der Waals surface area (Å²) in [6.07, 6.45) is -3.11. The van der Waals surface area contributed by atoms with E-state index in [0.717, 1.165) is 56.8 Å². The Bertz CT molecular complexity index is 1110. The number of carbonyl (C=O) groups is 1. The van der Waals surface area contributed by atoms with Crippen LogP contribution >= 0.6 is 0 Å². The van der Waals surface area contributed by atoms with Gasteiger partial charge >= 0.3 is 12.1 Å². The van der Waals surface area contributed by atoms with Crippen LogP contribution in [0.25, 0.3) is 0 Å². The molecule has 5 nitrogen and oxygen atoms in total. The Hall–Kier alpha value is -3.34. The zero-order chi connectivity index (χ0) is 29.0. The molecular weight excluding hydrogens is 531 g/mol. The van der Waals surface area contributed by atoms with Crippen LogP contribution in [-0.2, 0) is 16.0 Å². The maximum atomic E-state index is 13.4. The molecule has 10 heteroatoms. The first kappa shape index (κ1) is 31.2. The number of rotatable bonds is 10. The Kier molecular flexibility index (Phi) is 12.0. The molecule has 3 aromatic carbocycles. The molecule has 0 unspecified atom stereocenters. The largest absolute Gasteiger partial charge is 0.490 e. The molecule has 0 atom stereocenters. The van der Waals surface area contributed by atoms with E-state index in [2.05, 4.69) is 40.1 Å². The van der Waals surface area contributed by atoms with Crippen LogP contribution in [0.3, 0.4) is 0 Å². The minimum atomic E-state index is -5.08. The van der Waals surface area contributed by atoms with Crippen molar-refractivity contribution < 1.29 is 36.6 Å². The molecule has 3 aromatic rings. The Morgan fingerprint density at radius 2 is 1.23 bits per heavy atom. The van der Waals surface area contributed by atoms with Crippen molar-refractivity contribution in [1.82, 2.24) is 9.80 Å². The van der Waals surface area contributed by atoms with Crippen LogP contribution in [0.4, 0.5) is 22.0 Å². The highest BCUT2D eigenvalue weighted by Gasteiger charge is 2.38. The second-order valence-corrected chi connectivity index (χ2v) is 9.43. The molecule has 1 heterocycles. The van der Waals surface area contributed by atoms with Gasteiger partial charge in [-0.2, -0.15) is 13.2 Å². The van der Waals surface area contributed by atoms with Crippen LogP contribution in [0, 0.1) is 11.6 Å². The van der Waals surface area contributed by atoms with E-state index in [1.54, 1.807) is 24.3 Å². The number of benzene rings is 3. The Morgan fingerprint density at radius 1 is 0.775 bits per heavy atom. The standard InChI is InChI=1S/C28H32F2N2O.C2HF3O2/c29-26-12-8-24(9-13-26)28(25-10-14-27(30)15-11-25)33-22-21-32-19-17-31(18-20-32)16-4-7-23-5-2-1-3-6-23;3-2(4,5)1(6)7/h1-3,5-6,8-15,28H,4,7,16-22H2;(H,6,7). The summed E-state index contributed by atoms with van der Waals surface area (Å²) in [5.74, 6) is -3.32. The fourth-order valence-corrected chi connectivity index (χ4v) is 4.35. The predicted molar refractivity (Wildman–Crippen MR) is 142 cm³/mol. The molecule has 0 radical (unpaired) electrons. The predicted octanol–water partition coefficient (Wildman–Crippen LogP) is 5.95. The van der Waals surface area contributed by atoms with Crippen molar-refractivity contribution >= 4 is 5.97 Å². The van der Waals surface area contributed by atoms with Crippen LogP contribution in [0.1, 0.15) is 29.2 Å². The minimum absolute atomic E-state index is 0.279. The maximum absolute atomic E-state index is 13.4. The third-order valence-corrected chi connectivity index (χ3v) is 6.53. The molecule has 0 aromatic heterocycles. The van der Waals surface area contributed by atoms with Gasteiger partial charge in [-0.3, -0.25) is 4.90 Å². The first-order valence-corrected chi connectivity index (χ1v) is 13.0. The summed E-state index contributed by atoms with van der Waals surface area (Å²) >= 11 is 0. The molecule has 40 heavy (non-hydrogen) atoms. The number of hydrogen-bond donors (Lipinski definition) is 1. The van der Waals surface area contributed by atoms with E-state index >= 15 is 0 Å². The highest BCUT2D eigenvalue weighted by molar-refractivity contribution is 5.73. The van der Waals surface area contributed by atoms with Gasteiger partial charge in [-0.1, -0.05) is 54.6 Å². The lowest BCUT2D eigenvalue weighted by molar-refractivity contribution is -0.192. The van der Waals surface area contributed by atoms with Gasteiger partial charge in [0.1, 0.15) is 17.7 Å². The van der Waals surface area contributed by atoms with E-state index < -0.39 is 12.1 Å². The Balaban J connectivity index is 0.000000559. The van der Waals surface area contributed by atoms with Crippen molar-refractivity contribution in [2.75, 3.05) is 45.9 Å². The molecule has 0 bridgehead atoms. The average Bonchev–Trinajstić information content (AvgIpc) is 2.94. The first-order valence-electron chi connectivity index (χ1n) is 13.0. The van der Waals surface area contributed by atoms with Gasteiger partial charge in [-0.05, 0) is 60.3 Å². The fraction of sp³-hybridized carbons (Fsp3) is 0.367. The quantitative estimate of drug-likeness (QED) is 0.309. The lowest BCUT2D eigenvalue weighted by atomic mass is 10.0. The van der Waals surface area contributed by atoms with E-state index in [-0.39, 0.29) is 17.7 Å². The monoisotopic (exact) mass is 564 g/mol. The van der Waals surface area contributed by atoms with Crippen molar-refractivity contribution in [3.8, 4) is 0 Å². The van der Waals surface area contributed by atoms with Crippen molar-refractivity contribution in [3.63, 3.8) is 0 Å². The van der Waals surface area contributed by atoms with Crippen LogP contribution in [0.15, 0.2) is 78.9 Å². The summed E-state index contributed by atoms with van der Waals surface area (Å²) in [5, 5.41) is 7.12. The molecule has 0 saturated carbocycles. The number of piperazine rings is 1. The number of halogens is 5. The highest BCUT2D eigenvalue weighted by atomic mass is 19.4. The number of aliphatic carboxylic acids is 1. The van der Waals surface area contributed by atoms with Crippen LogP contribution < -0.4 is 0 Å². The minimum Gasteiger partial charge on any atom is -0.475 e. The summed E-state index contributed by atoms with van der Waals surface area (Å²) in [6.45, 7) is 6.77. The van der Waals surface area contributed by atoms with E-state index in [9.17, 15) is 22.0 Å². The SMILES string of the molecule is Fc1ccc(C(OCCN2CCN(CCCc3ccccc3)CC2)c2ccc(F)cc2)cc1.O=C(O)C(F)(F)F. The smallest absolute Gasteiger partial charge is 0.475 e. The van der Waals surface area contributed by atoms with Crippen molar-refractivity contribution in [3.05, 3.63) is 107 Å². The number of carboxylic acid groups (broad SMARTS) is 1. The van der Waals surface area contributed by atoms with Gasteiger partial charge in [0.05, 0.1) is 6.61 Å². The Labute approximate surface area is 230 Å². The highest BCUT2D eigenvalue weighted by Crippen LogP contribution is 2.26. The van der Waals surface area contributed by atoms with E-state index in [4.69, 9.17) is 14.6 Å². The van der Waals surface area contributed by atoms with E-state index in [1.807, 2.05) is 0 Å². The van der Waals surface area contributed by atoms with Gasteiger partial charge in [0.2, 0.25) is 0 Å². The molecule has 0 aliphatic carbocycles. The van der Waals surface area contributed by atoms with Gasteiger partial charge in [-0.25, -0.2) is 13.6 Å². The lowest BCUT2D eigenvalue weighted by Gasteiger charge is -2.35. The topological polar surface area (TPSA) is 53.0 Å². The van der Waals surface area contributed by atoms with Gasteiger partial charge in [0.15, 0.2) is 0 Å². The summed E-state index contributed by atoms with van der Waals surface area (Å²) < 4.78 is 64.8. The molecule has 0 amide bonds. The second-order valence-electron chi connectivity index (χ2n) is 9.43. The van der Waals surface area contributed by atoms with Crippen molar-refractivity contribution in [1.29, 1.82) is 0 Å². The molecule has 216 valence electrons. The number of carboxylic acids is 1. The van der Waals surface area contributed by atoms with Crippen molar-refractivity contribution in [2.45, 2.75) is 25.1 Å². The van der Waals surface area contributed by atoms with Crippen molar-refractivity contribution in [2.24, 2.45) is 0 Å². The van der Waals surface area contributed by atoms with Crippen LogP contribution in [0.2, 0.25) is 0 Å². The molecule has 1 aliphatic heterocycles. The lowest BCUT2D eigenvalue weighted by Crippen LogP contribution is -2.47. The Morgan fingerprint density at radius 3 is 1.68 bits per heavy atom. The molecule has 1 N–H and O–H groups in total. The summed E-state index contributed by atoms with van der Waals surface area (Å²) in [7, 11) is 0. The third-order valence-electron chi connectivity index (χ3n) is 6.53. The first-order chi connectivity index (χ1) is 19.1. The number of ether oxygens (including phenoxy) is 1. The fourth-order valence-electron chi connectivity index (χ4n) is 4.35. The van der Waals surface area contributed by atoms with Gasteiger partial charge < -0.3 is 14.7 Å². The molecule has 1 saturated heterocycles. The summed E-state index contributed by atoms with van der Waals surface area (Å²) in [4.78, 5) is 13.9. The van der Waals surface area contributed by atoms with Gasteiger partial charge in [-0.15, -0.1) is 0 Å². The van der Waals surface area contributed by atoms with Gasteiger partial charge in [0.25, 0.3) is 0 Å². The van der Waals surface area contributed by atoms with Gasteiger partial charge in [0, 0.05) is 32.7 Å². The second kappa shape index (κ2) is 15.4. The third kappa shape index (κ3) is 10.7. The summed E-state index contributed by atoms with van der Waals surface area (Å²) in [6, 6.07) is 23.3. The summed E-state index contributed by atoms with van der Waals surface area (Å²) in [5.41, 5.74) is 3.14. The number of nitrogens with zero attached hydrogens (tertiary/aromatic N) is 2. The molecule has 0 spiro atoms. The van der Waals surface area contributed by atoms with E-state index in [0.29, 0.717) is 6.61 Å². The number of aryl methyl sites for hydroxylation is 1. The number of alkyl halides is 3. The normalized spacial score (nSPS) is 14.6. The number of hydrogen-bond acceptors (Lipinski definition) is 4. The van der Waals surface area contributed by atoms with E-state index in [1.165, 1.54) is 36.2 Å².